The molecule has 0 amide bonds. The van der Waals surface area contributed by atoms with Crippen LogP contribution >= 0.6 is 11.6 Å². The fourth-order valence-electron chi connectivity index (χ4n) is 1.26. The molecule has 1 unspecified atom stereocenters. The largest absolute Gasteiger partial charge is 0.399 e. The smallest absolute Gasteiger partial charge is 0.185 e. The highest BCUT2D eigenvalue weighted by molar-refractivity contribution is 6.69. The Hall–Kier alpha value is -1.08. The molecule has 2 nitrogen and oxygen atoms in total. The Kier molecular flexibility index (Phi) is 4.95. The van der Waals surface area contributed by atoms with E-state index in [0.717, 1.165) is 5.56 Å². The predicted molar refractivity (Wildman–Crippen MR) is 74.3 cm³/mol. The summed E-state index contributed by atoms with van der Waals surface area (Å²) in [6, 6.07) is 9.59. The molecule has 0 N–H and O–H groups in total. The molecule has 0 bridgehead atoms. The summed E-state index contributed by atoms with van der Waals surface area (Å²) in [6.07, 6.45) is 3.18. The molecule has 1 aromatic carbocycles. The molecule has 17 heavy (non-hydrogen) atoms. The number of rotatable bonds is 4. The van der Waals surface area contributed by atoms with Gasteiger partial charge in [-0.25, -0.2) is 0 Å². The second kappa shape index (κ2) is 6.01. The number of halogens is 1. The van der Waals surface area contributed by atoms with Crippen LogP contribution in [0.25, 0.3) is 6.08 Å². The quantitative estimate of drug-likeness (QED) is 0.768. The van der Waals surface area contributed by atoms with Gasteiger partial charge in [0.1, 0.15) is 0 Å². The van der Waals surface area contributed by atoms with E-state index in [1.54, 1.807) is 6.08 Å². The lowest BCUT2D eigenvalue weighted by Crippen LogP contribution is -2.30. The normalized spacial score (nSPS) is 13.6. The van der Waals surface area contributed by atoms with Crippen LogP contribution in [0, 0.1) is 11.3 Å². The highest BCUT2D eigenvalue weighted by Crippen LogP contribution is 2.13. The topological polar surface area (TPSA) is 33.0 Å². The van der Waals surface area contributed by atoms with Crippen LogP contribution in [0.15, 0.2) is 30.3 Å². The number of hydrogen-bond acceptors (Lipinski definition) is 2. The summed E-state index contributed by atoms with van der Waals surface area (Å²) in [5.74, 6) is 0. The molecule has 1 aromatic rings. The molecule has 0 radical (unpaired) electrons. The monoisotopic (exact) mass is 265 g/mol. The van der Waals surface area contributed by atoms with Crippen molar-refractivity contribution in [2.24, 2.45) is 0 Å². The van der Waals surface area contributed by atoms with Gasteiger partial charge in [-0.2, -0.15) is 5.26 Å². The van der Waals surface area contributed by atoms with Crippen molar-refractivity contribution in [2.45, 2.75) is 25.7 Å². The van der Waals surface area contributed by atoms with Crippen LogP contribution in [0.1, 0.15) is 5.56 Å². The van der Waals surface area contributed by atoms with Gasteiger partial charge >= 0.3 is 0 Å². The maximum atomic E-state index is 8.99. The van der Waals surface area contributed by atoms with Crippen molar-refractivity contribution in [3.8, 4) is 6.07 Å². The van der Waals surface area contributed by atoms with Gasteiger partial charge in [-0.1, -0.05) is 29.8 Å². The molecule has 0 aromatic heterocycles. The van der Waals surface area contributed by atoms with Gasteiger partial charge in [-0.15, -0.1) is 0 Å². The van der Waals surface area contributed by atoms with Crippen molar-refractivity contribution in [2.75, 3.05) is 0 Å². The van der Waals surface area contributed by atoms with E-state index in [4.69, 9.17) is 21.3 Å². The first-order valence-electron chi connectivity index (χ1n) is 5.42. The van der Waals surface area contributed by atoms with E-state index in [1.807, 2.05) is 30.3 Å². The average Bonchev–Trinajstić information content (AvgIpc) is 2.25. The molecule has 1 atom stereocenters. The summed E-state index contributed by atoms with van der Waals surface area (Å²) in [7, 11) is -1.68. The number of benzene rings is 1. The average molecular weight is 266 g/mol. The minimum absolute atomic E-state index is 0.475. The van der Waals surface area contributed by atoms with E-state index in [1.165, 1.54) is 0 Å². The van der Waals surface area contributed by atoms with Crippen LogP contribution in [0.3, 0.4) is 0 Å². The Morgan fingerprint density at radius 3 is 2.35 bits per heavy atom. The Morgan fingerprint density at radius 2 is 1.88 bits per heavy atom. The summed E-state index contributed by atoms with van der Waals surface area (Å²) in [5.41, 5.74) is 1.01. The first kappa shape index (κ1) is 14.0. The molecule has 0 saturated heterocycles. The third-order valence-electron chi connectivity index (χ3n) is 1.94. The maximum Gasteiger partial charge on any atom is 0.185 e. The van der Waals surface area contributed by atoms with E-state index in [2.05, 4.69) is 25.7 Å². The minimum Gasteiger partial charge on any atom is -0.399 e. The SMILES string of the molecule is C[Si](C)(C)OC(C#N)C=Cc1ccc(Cl)cc1. The standard InChI is InChI=1S/C13H16ClNOSi/c1-17(2,3)16-13(10-15)9-6-11-4-7-12(14)8-5-11/h4-9,13H,1-3H3. The van der Waals surface area contributed by atoms with Gasteiger partial charge in [-0.05, 0) is 43.4 Å². The first-order valence-corrected chi connectivity index (χ1v) is 9.20. The zero-order chi connectivity index (χ0) is 12.9. The Morgan fingerprint density at radius 1 is 1.29 bits per heavy atom. The summed E-state index contributed by atoms with van der Waals surface area (Å²) in [5, 5.41) is 9.69. The third kappa shape index (κ3) is 5.69. The van der Waals surface area contributed by atoms with Crippen molar-refractivity contribution in [3.63, 3.8) is 0 Å². The summed E-state index contributed by atoms with van der Waals surface area (Å²) in [4.78, 5) is 0. The fraction of sp³-hybridized carbons (Fsp3) is 0.308. The third-order valence-corrected chi connectivity index (χ3v) is 3.15. The molecular formula is C13H16ClNOSi. The second-order valence-electron chi connectivity index (χ2n) is 4.69. The molecule has 0 saturated carbocycles. The molecule has 1 rings (SSSR count). The van der Waals surface area contributed by atoms with E-state index in [0.29, 0.717) is 5.02 Å². The van der Waals surface area contributed by atoms with Crippen LogP contribution < -0.4 is 0 Å². The van der Waals surface area contributed by atoms with E-state index in [9.17, 15) is 0 Å². The van der Waals surface area contributed by atoms with Gasteiger partial charge in [0, 0.05) is 5.02 Å². The molecular weight excluding hydrogens is 250 g/mol. The molecule has 4 heteroatoms. The first-order chi connectivity index (χ1) is 7.90. The van der Waals surface area contributed by atoms with Crippen LogP contribution in [0.5, 0.6) is 0 Å². The molecule has 90 valence electrons. The van der Waals surface area contributed by atoms with Gasteiger partial charge in [0.05, 0.1) is 6.07 Å². The molecule has 0 aliphatic heterocycles. The van der Waals surface area contributed by atoms with Crippen LogP contribution in [-0.4, -0.2) is 14.4 Å². The van der Waals surface area contributed by atoms with Crippen LogP contribution in [0.4, 0.5) is 0 Å². The Labute approximate surface area is 109 Å². The zero-order valence-corrected chi connectivity index (χ0v) is 12.0. The van der Waals surface area contributed by atoms with Crippen molar-refractivity contribution >= 4 is 26.0 Å². The van der Waals surface area contributed by atoms with Gasteiger partial charge in [0.15, 0.2) is 14.4 Å². The number of hydrogen-bond donors (Lipinski definition) is 0. The van der Waals surface area contributed by atoms with Gasteiger partial charge < -0.3 is 4.43 Å². The van der Waals surface area contributed by atoms with Crippen molar-refractivity contribution < 1.29 is 4.43 Å². The predicted octanol–water partition coefficient (Wildman–Crippen LogP) is 4.10. The highest BCUT2D eigenvalue weighted by Gasteiger charge is 2.18. The van der Waals surface area contributed by atoms with Gasteiger partial charge in [-0.3, -0.25) is 0 Å². The number of nitriles is 1. The van der Waals surface area contributed by atoms with Crippen LogP contribution in [0.2, 0.25) is 24.7 Å². The van der Waals surface area contributed by atoms with E-state index < -0.39 is 14.4 Å². The Balaban J connectivity index is 2.69. The molecule has 0 aliphatic carbocycles. The zero-order valence-electron chi connectivity index (χ0n) is 10.3. The van der Waals surface area contributed by atoms with Gasteiger partial charge in [0.2, 0.25) is 0 Å². The lowest BCUT2D eigenvalue weighted by atomic mass is 10.2. The lowest BCUT2D eigenvalue weighted by molar-refractivity contribution is 0.297. The summed E-state index contributed by atoms with van der Waals surface area (Å²) in [6.45, 7) is 6.19. The molecule has 0 heterocycles. The highest BCUT2D eigenvalue weighted by atomic mass is 35.5. The van der Waals surface area contributed by atoms with Crippen molar-refractivity contribution in [1.82, 2.24) is 0 Å². The molecule has 0 spiro atoms. The van der Waals surface area contributed by atoms with Crippen LogP contribution in [-0.2, 0) is 4.43 Å². The molecule has 0 aliphatic rings. The fourth-order valence-corrected chi connectivity index (χ4v) is 2.28. The lowest BCUT2D eigenvalue weighted by Gasteiger charge is -2.19. The van der Waals surface area contributed by atoms with Gasteiger partial charge in [0.25, 0.3) is 0 Å². The second-order valence-corrected chi connectivity index (χ2v) is 9.59. The summed E-state index contributed by atoms with van der Waals surface area (Å²) >= 11 is 5.79. The van der Waals surface area contributed by atoms with E-state index >= 15 is 0 Å². The minimum atomic E-state index is -1.68. The number of nitrogens with zero attached hydrogens (tertiary/aromatic N) is 1. The van der Waals surface area contributed by atoms with Crippen molar-refractivity contribution in [1.29, 1.82) is 5.26 Å². The Bertz CT molecular complexity index is 428. The maximum absolute atomic E-state index is 8.99. The van der Waals surface area contributed by atoms with Crippen molar-refractivity contribution in [3.05, 3.63) is 40.9 Å². The van der Waals surface area contributed by atoms with E-state index in [-0.39, 0.29) is 0 Å². The summed E-state index contributed by atoms with van der Waals surface area (Å²) < 4.78 is 5.70. The molecule has 0 fully saturated rings.